The summed E-state index contributed by atoms with van der Waals surface area (Å²) in [6, 6.07) is 0.401. The second-order valence-electron chi connectivity index (χ2n) is 6.10. The Morgan fingerprint density at radius 2 is 2.26 bits per heavy atom. The number of hydrogen-bond acceptors (Lipinski definition) is 3. The van der Waals surface area contributed by atoms with Gasteiger partial charge in [0.05, 0.1) is 12.1 Å². The average molecular weight is 262 g/mol. The predicted molar refractivity (Wildman–Crippen MR) is 72.6 cm³/mol. The van der Waals surface area contributed by atoms with E-state index >= 15 is 0 Å². The van der Waals surface area contributed by atoms with E-state index in [9.17, 15) is 4.79 Å². The monoisotopic (exact) mass is 262 g/mol. The van der Waals surface area contributed by atoms with Crippen LogP contribution in [0.3, 0.4) is 0 Å². The smallest absolute Gasteiger partial charge is 0.225 e. The van der Waals surface area contributed by atoms with Gasteiger partial charge in [0, 0.05) is 38.3 Å². The molecule has 2 atom stereocenters. The molecule has 1 aliphatic carbocycles. The van der Waals surface area contributed by atoms with Gasteiger partial charge < -0.3 is 10.6 Å². The molecule has 0 spiro atoms. The molecule has 0 aromatic carbocycles. The second-order valence-corrected chi connectivity index (χ2v) is 6.10. The Labute approximate surface area is 113 Å². The average Bonchev–Trinajstić information content (AvgIpc) is 2.94. The van der Waals surface area contributed by atoms with Gasteiger partial charge in [-0.3, -0.25) is 9.48 Å². The highest BCUT2D eigenvalue weighted by atomic mass is 16.2. The Hall–Kier alpha value is -1.36. The molecule has 1 aromatic heterocycles. The van der Waals surface area contributed by atoms with Crippen molar-refractivity contribution in [1.82, 2.24) is 20.4 Å². The Morgan fingerprint density at radius 1 is 1.47 bits per heavy atom. The molecular weight excluding hydrogens is 240 g/mol. The van der Waals surface area contributed by atoms with E-state index in [1.54, 1.807) is 4.68 Å². The largest absolute Gasteiger partial charge is 0.353 e. The summed E-state index contributed by atoms with van der Waals surface area (Å²) in [6.07, 6.45) is 6.15. The lowest BCUT2D eigenvalue weighted by Crippen LogP contribution is -2.46. The van der Waals surface area contributed by atoms with Crippen LogP contribution in [0.25, 0.3) is 0 Å². The van der Waals surface area contributed by atoms with E-state index in [0.717, 1.165) is 37.4 Å². The summed E-state index contributed by atoms with van der Waals surface area (Å²) in [5, 5.41) is 10.7. The molecule has 0 bridgehead atoms. The van der Waals surface area contributed by atoms with Crippen LogP contribution in [0.4, 0.5) is 0 Å². The predicted octanol–water partition coefficient (Wildman–Crippen LogP) is 0.638. The van der Waals surface area contributed by atoms with Crippen molar-refractivity contribution in [3.05, 3.63) is 18.0 Å². The number of carbonyl (C=O) groups excluding carboxylic acids is 1. The van der Waals surface area contributed by atoms with Crippen LogP contribution in [0, 0.1) is 11.8 Å². The van der Waals surface area contributed by atoms with Gasteiger partial charge in [0.15, 0.2) is 0 Å². The minimum absolute atomic E-state index is 0.0418. The van der Waals surface area contributed by atoms with Crippen molar-refractivity contribution in [2.45, 2.75) is 31.7 Å². The van der Waals surface area contributed by atoms with Crippen molar-refractivity contribution in [1.29, 1.82) is 0 Å². The fraction of sp³-hybridized carbons (Fsp3) is 0.714. The number of carbonyl (C=O) groups is 1. The van der Waals surface area contributed by atoms with Gasteiger partial charge in [-0.1, -0.05) is 6.92 Å². The first-order chi connectivity index (χ1) is 9.13. The molecule has 0 unspecified atom stereocenters. The Morgan fingerprint density at radius 3 is 2.89 bits per heavy atom. The minimum Gasteiger partial charge on any atom is -0.353 e. The van der Waals surface area contributed by atoms with E-state index in [1.807, 2.05) is 19.4 Å². The lowest BCUT2D eigenvalue weighted by Gasteiger charge is -2.34. The molecule has 0 radical (unpaired) electrons. The highest BCUT2D eigenvalue weighted by Gasteiger charge is 2.36. The Balaban J connectivity index is 1.64. The summed E-state index contributed by atoms with van der Waals surface area (Å²) in [6.45, 7) is 3.87. The molecule has 3 rings (SSSR count). The quantitative estimate of drug-likeness (QED) is 0.840. The van der Waals surface area contributed by atoms with Crippen LogP contribution in [-0.4, -0.2) is 34.8 Å². The Kier molecular flexibility index (Phi) is 3.31. The third-order valence-electron chi connectivity index (χ3n) is 4.42. The SMILES string of the molecule is CC1CC(NC(=O)[C@H]2CNC[C@@H]2c2cnn(C)c2)C1. The zero-order chi connectivity index (χ0) is 13.4. The summed E-state index contributed by atoms with van der Waals surface area (Å²) in [7, 11) is 1.91. The van der Waals surface area contributed by atoms with E-state index in [1.165, 1.54) is 0 Å². The lowest BCUT2D eigenvalue weighted by atomic mass is 9.81. The number of rotatable bonds is 3. The van der Waals surface area contributed by atoms with Crippen LogP contribution in [0.2, 0.25) is 0 Å². The van der Waals surface area contributed by atoms with Gasteiger partial charge in [-0.05, 0) is 24.3 Å². The molecule has 2 fully saturated rings. The number of aryl methyl sites for hydroxylation is 1. The molecule has 1 aromatic rings. The highest BCUT2D eigenvalue weighted by molar-refractivity contribution is 5.80. The van der Waals surface area contributed by atoms with E-state index in [0.29, 0.717) is 6.04 Å². The van der Waals surface area contributed by atoms with Crippen LogP contribution in [0.5, 0.6) is 0 Å². The topological polar surface area (TPSA) is 59.0 Å². The number of hydrogen-bond donors (Lipinski definition) is 2. The maximum Gasteiger partial charge on any atom is 0.225 e. The van der Waals surface area contributed by atoms with Crippen molar-refractivity contribution in [3.63, 3.8) is 0 Å². The first kappa shape index (κ1) is 12.7. The van der Waals surface area contributed by atoms with Gasteiger partial charge in [0.2, 0.25) is 5.91 Å². The Bertz CT molecular complexity index is 464. The van der Waals surface area contributed by atoms with Crippen LogP contribution in [0.15, 0.2) is 12.4 Å². The summed E-state index contributed by atoms with van der Waals surface area (Å²) in [5.74, 6) is 1.27. The van der Waals surface area contributed by atoms with E-state index in [2.05, 4.69) is 22.7 Å². The van der Waals surface area contributed by atoms with Gasteiger partial charge in [-0.25, -0.2) is 0 Å². The zero-order valence-electron chi connectivity index (χ0n) is 11.6. The molecule has 19 heavy (non-hydrogen) atoms. The van der Waals surface area contributed by atoms with Crippen LogP contribution < -0.4 is 10.6 Å². The summed E-state index contributed by atoms with van der Waals surface area (Å²) < 4.78 is 1.80. The van der Waals surface area contributed by atoms with Gasteiger partial charge in [-0.2, -0.15) is 5.10 Å². The van der Waals surface area contributed by atoms with E-state index in [4.69, 9.17) is 0 Å². The van der Waals surface area contributed by atoms with Crippen molar-refractivity contribution in [2.75, 3.05) is 13.1 Å². The first-order valence-electron chi connectivity index (χ1n) is 7.13. The molecule has 1 saturated heterocycles. The van der Waals surface area contributed by atoms with Gasteiger partial charge in [0.1, 0.15) is 0 Å². The summed E-state index contributed by atoms with van der Waals surface area (Å²) >= 11 is 0. The van der Waals surface area contributed by atoms with Crippen molar-refractivity contribution in [3.8, 4) is 0 Å². The zero-order valence-corrected chi connectivity index (χ0v) is 11.6. The minimum atomic E-state index is 0.0418. The van der Waals surface area contributed by atoms with Gasteiger partial charge >= 0.3 is 0 Å². The molecule has 5 nitrogen and oxygen atoms in total. The number of nitrogens with zero attached hydrogens (tertiary/aromatic N) is 2. The molecule has 5 heteroatoms. The third kappa shape index (κ3) is 2.52. The van der Waals surface area contributed by atoms with Gasteiger partial charge in [0.25, 0.3) is 0 Å². The van der Waals surface area contributed by atoms with E-state index in [-0.39, 0.29) is 17.7 Å². The molecule has 1 aliphatic heterocycles. The first-order valence-corrected chi connectivity index (χ1v) is 7.13. The molecule has 2 aliphatic rings. The summed E-state index contributed by atoms with van der Waals surface area (Å²) in [5.41, 5.74) is 1.16. The van der Waals surface area contributed by atoms with Crippen molar-refractivity contribution < 1.29 is 4.79 Å². The van der Waals surface area contributed by atoms with Crippen molar-refractivity contribution >= 4 is 5.91 Å². The molecule has 1 saturated carbocycles. The van der Waals surface area contributed by atoms with Crippen LogP contribution in [-0.2, 0) is 11.8 Å². The van der Waals surface area contributed by atoms with Gasteiger partial charge in [-0.15, -0.1) is 0 Å². The molecule has 104 valence electrons. The van der Waals surface area contributed by atoms with Crippen LogP contribution >= 0.6 is 0 Å². The molecule has 2 N–H and O–H groups in total. The van der Waals surface area contributed by atoms with Crippen LogP contribution in [0.1, 0.15) is 31.2 Å². The number of aromatic nitrogens is 2. The number of amides is 1. The lowest BCUT2D eigenvalue weighted by molar-refractivity contribution is -0.126. The summed E-state index contributed by atoms with van der Waals surface area (Å²) in [4.78, 5) is 12.4. The normalized spacial score (nSPS) is 34.0. The fourth-order valence-corrected chi connectivity index (χ4v) is 3.26. The van der Waals surface area contributed by atoms with E-state index < -0.39 is 0 Å². The number of nitrogens with one attached hydrogen (secondary N) is 2. The second kappa shape index (κ2) is 4.96. The molecular formula is C14H22N4O. The maximum atomic E-state index is 12.4. The van der Waals surface area contributed by atoms with Crippen molar-refractivity contribution in [2.24, 2.45) is 18.9 Å². The third-order valence-corrected chi connectivity index (χ3v) is 4.42. The maximum absolute atomic E-state index is 12.4. The molecule has 2 heterocycles. The molecule has 1 amide bonds. The fourth-order valence-electron chi connectivity index (χ4n) is 3.26. The standard InChI is InChI=1S/C14H22N4O/c1-9-3-11(4-9)17-14(19)13-7-15-6-12(13)10-5-16-18(2)8-10/h5,8-9,11-13,15H,3-4,6-7H2,1-2H3,(H,17,19)/t9?,11?,12-,13+/m1/s1. The highest BCUT2D eigenvalue weighted by Crippen LogP contribution is 2.30.